The Morgan fingerprint density at radius 3 is 2.50 bits per heavy atom. The van der Waals surface area contributed by atoms with E-state index in [-0.39, 0.29) is 11.7 Å². The van der Waals surface area contributed by atoms with Gasteiger partial charge in [0.15, 0.2) is 15.0 Å². The first-order valence-corrected chi connectivity index (χ1v) is 13.0. The third-order valence-electron chi connectivity index (χ3n) is 4.86. The van der Waals surface area contributed by atoms with Crippen LogP contribution in [0.1, 0.15) is 0 Å². The Hall–Kier alpha value is -2.17. The van der Waals surface area contributed by atoms with Gasteiger partial charge in [0.1, 0.15) is 5.82 Å². The lowest BCUT2D eigenvalue weighted by Gasteiger charge is -2.34. The van der Waals surface area contributed by atoms with Gasteiger partial charge < -0.3 is 9.80 Å². The van der Waals surface area contributed by atoms with Crippen molar-refractivity contribution in [2.24, 2.45) is 0 Å². The van der Waals surface area contributed by atoms with Crippen molar-refractivity contribution in [2.45, 2.75) is 9.79 Å². The zero-order chi connectivity index (χ0) is 21.3. The lowest BCUT2D eigenvalue weighted by atomic mass is 10.3. The quantitative estimate of drug-likeness (QED) is 0.539. The van der Waals surface area contributed by atoms with Crippen LogP contribution < -0.4 is 4.90 Å². The molecular formula is C20H20FN3O3S3. The second-order valence-electron chi connectivity index (χ2n) is 7.01. The van der Waals surface area contributed by atoms with Crippen LogP contribution in [0.3, 0.4) is 0 Å². The second kappa shape index (κ2) is 8.52. The maximum absolute atomic E-state index is 13.0. The first-order chi connectivity index (χ1) is 14.3. The number of hydrogen-bond acceptors (Lipinski definition) is 7. The molecule has 1 saturated heterocycles. The van der Waals surface area contributed by atoms with Gasteiger partial charge in [0.05, 0.1) is 20.9 Å². The topological polar surface area (TPSA) is 70.6 Å². The molecule has 0 atom stereocenters. The van der Waals surface area contributed by atoms with E-state index in [4.69, 9.17) is 0 Å². The standard InChI is InChI=1S/C20H20FN3O3S3/c1-30(26,27)16-6-7-17-18(12-16)29-20(22-17)24-10-8-23(9-11-24)19(25)13-28-15-4-2-14(21)3-5-15/h2-7,12H,8-11,13H2,1H3. The van der Waals surface area contributed by atoms with Gasteiger partial charge in [-0.3, -0.25) is 4.79 Å². The van der Waals surface area contributed by atoms with Gasteiger partial charge in [-0.1, -0.05) is 11.3 Å². The van der Waals surface area contributed by atoms with E-state index in [0.717, 1.165) is 20.2 Å². The summed E-state index contributed by atoms with van der Waals surface area (Å²) in [6.07, 6.45) is 1.20. The van der Waals surface area contributed by atoms with E-state index >= 15 is 0 Å². The Labute approximate surface area is 182 Å². The minimum absolute atomic E-state index is 0.0612. The molecule has 0 aliphatic carbocycles. The molecule has 1 fully saturated rings. The van der Waals surface area contributed by atoms with E-state index in [1.54, 1.807) is 30.3 Å². The largest absolute Gasteiger partial charge is 0.345 e. The van der Waals surface area contributed by atoms with E-state index in [1.807, 2.05) is 4.90 Å². The van der Waals surface area contributed by atoms with Gasteiger partial charge in [-0.2, -0.15) is 0 Å². The molecule has 0 unspecified atom stereocenters. The van der Waals surface area contributed by atoms with Gasteiger partial charge in [-0.15, -0.1) is 11.8 Å². The number of piperazine rings is 1. The molecule has 1 aliphatic heterocycles. The zero-order valence-electron chi connectivity index (χ0n) is 16.2. The third-order valence-corrected chi connectivity index (χ3v) is 8.04. The van der Waals surface area contributed by atoms with Gasteiger partial charge in [0.2, 0.25) is 5.91 Å². The smallest absolute Gasteiger partial charge is 0.233 e. The van der Waals surface area contributed by atoms with Crippen molar-refractivity contribution in [2.75, 3.05) is 43.1 Å². The van der Waals surface area contributed by atoms with E-state index in [9.17, 15) is 17.6 Å². The summed E-state index contributed by atoms with van der Waals surface area (Å²) in [5, 5.41) is 0.837. The highest BCUT2D eigenvalue weighted by Gasteiger charge is 2.23. The van der Waals surface area contributed by atoms with Gasteiger partial charge in [-0.25, -0.2) is 17.8 Å². The summed E-state index contributed by atoms with van der Waals surface area (Å²) in [6, 6.07) is 11.1. The lowest BCUT2D eigenvalue weighted by molar-refractivity contribution is -0.128. The molecule has 10 heteroatoms. The number of thiazole rings is 1. The second-order valence-corrected chi connectivity index (χ2v) is 11.1. The summed E-state index contributed by atoms with van der Waals surface area (Å²) < 4.78 is 37.3. The number of anilines is 1. The molecule has 4 rings (SSSR count). The predicted molar refractivity (Wildman–Crippen MR) is 119 cm³/mol. The van der Waals surface area contributed by atoms with Crippen LogP contribution in [0, 0.1) is 5.82 Å². The van der Waals surface area contributed by atoms with E-state index < -0.39 is 9.84 Å². The van der Waals surface area contributed by atoms with E-state index in [2.05, 4.69) is 9.88 Å². The van der Waals surface area contributed by atoms with Crippen molar-refractivity contribution in [3.05, 3.63) is 48.3 Å². The Morgan fingerprint density at radius 1 is 1.13 bits per heavy atom. The number of rotatable bonds is 5. The van der Waals surface area contributed by atoms with Crippen LogP contribution in [0.5, 0.6) is 0 Å². The fourth-order valence-corrected chi connectivity index (χ4v) is 5.75. The lowest BCUT2D eigenvalue weighted by Crippen LogP contribution is -2.49. The number of carbonyl (C=O) groups is 1. The number of nitrogens with zero attached hydrogens (tertiary/aromatic N) is 3. The fourth-order valence-electron chi connectivity index (χ4n) is 3.17. The molecule has 0 bridgehead atoms. The van der Waals surface area contributed by atoms with Crippen LogP contribution in [-0.4, -0.2) is 62.4 Å². The summed E-state index contributed by atoms with van der Waals surface area (Å²) in [5.41, 5.74) is 0.775. The average molecular weight is 466 g/mol. The fraction of sp³-hybridized carbons (Fsp3) is 0.300. The first kappa shape index (κ1) is 21.1. The number of halogens is 1. The number of thioether (sulfide) groups is 1. The maximum Gasteiger partial charge on any atom is 0.233 e. The van der Waals surface area contributed by atoms with Crippen molar-refractivity contribution < 1.29 is 17.6 Å². The van der Waals surface area contributed by atoms with Crippen molar-refractivity contribution in [3.8, 4) is 0 Å². The SMILES string of the molecule is CS(=O)(=O)c1ccc2nc(N3CCN(C(=O)CSc4ccc(F)cc4)CC3)sc2c1. The summed E-state index contributed by atoms with van der Waals surface area (Å²) >= 11 is 2.87. The minimum atomic E-state index is -3.25. The summed E-state index contributed by atoms with van der Waals surface area (Å²) in [6.45, 7) is 2.55. The molecule has 30 heavy (non-hydrogen) atoms. The highest BCUT2D eigenvalue weighted by atomic mass is 32.2. The Bertz CT molecular complexity index is 1170. The van der Waals surface area contributed by atoms with Crippen LogP contribution >= 0.6 is 23.1 Å². The van der Waals surface area contributed by atoms with Crippen LogP contribution in [0.15, 0.2) is 52.3 Å². The monoisotopic (exact) mass is 465 g/mol. The minimum Gasteiger partial charge on any atom is -0.345 e. The molecule has 0 saturated carbocycles. The average Bonchev–Trinajstić information content (AvgIpc) is 3.16. The first-order valence-electron chi connectivity index (χ1n) is 9.31. The third kappa shape index (κ3) is 4.76. The van der Waals surface area contributed by atoms with Crippen molar-refractivity contribution >= 4 is 54.2 Å². The molecule has 0 radical (unpaired) electrons. The van der Waals surface area contributed by atoms with Gasteiger partial charge in [0, 0.05) is 37.3 Å². The number of fused-ring (bicyclic) bond motifs is 1. The van der Waals surface area contributed by atoms with Gasteiger partial charge in [-0.05, 0) is 42.5 Å². The highest BCUT2D eigenvalue weighted by molar-refractivity contribution is 8.00. The molecule has 1 aliphatic rings. The normalized spacial score (nSPS) is 15.0. The summed E-state index contributed by atoms with van der Waals surface area (Å²) in [5.74, 6) is 0.0939. The molecule has 3 aromatic rings. The maximum atomic E-state index is 13.0. The summed E-state index contributed by atoms with van der Waals surface area (Å²) in [4.78, 5) is 22.2. The number of carbonyl (C=O) groups excluding carboxylic acids is 1. The van der Waals surface area contributed by atoms with Crippen LogP contribution in [0.2, 0.25) is 0 Å². The Kier molecular flexibility index (Phi) is 5.99. The molecule has 6 nitrogen and oxygen atoms in total. The Balaban J connectivity index is 1.35. The van der Waals surface area contributed by atoms with Crippen molar-refractivity contribution in [1.29, 1.82) is 0 Å². The van der Waals surface area contributed by atoms with Crippen molar-refractivity contribution in [3.63, 3.8) is 0 Å². The molecular weight excluding hydrogens is 445 g/mol. The zero-order valence-corrected chi connectivity index (χ0v) is 18.7. The van der Waals surface area contributed by atoms with Crippen molar-refractivity contribution in [1.82, 2.24) is 9.88 Å². The van der Waals surface area contributed by atoms with Crippen LogP contribution in [-0.2, 0) is 14.6 Å². The molecule has 1 aromatic heterocycles. The predicted octanol–water partition coefficient (Wildman–Crippen LogP) is 3.28. The number of hydrogen-bond donors (Lipinski definition) is 0. The van der Waals surface area contributed by atoms with Gasteiger partial charge in [0.25, 0.3) is 0 Å². The number of benzene rings is 2. The molecule has 2 aromatic carbocycles. The highest BCUT2D eigenvalue weighted by Crippen LogP contribution is 2.31. The van der Waals surface area contributed by atoms with E-state index in [1.165, 1.54) is 41.5 Å². The molecule has 0 N–H and O–H groups in total. The number of aromatic nitrogens is 1. The number of sulfone groups is 1. The Morgan fingerprint density at radius 2 is 1.83 bits per heavy atom. The molecule has 2 heterocycles. The number of amides is 1. The van der Waals surface area contributed by atoms with Crippen LogP contribution in [0.4, 0.5) is 9.52 Å². The summed E-state index contributed by atoms with van der Waals surface area (Å²) in [7, 11) is -3.25. The molecule has 1 amide bonds. The molecule has 0 spiro atoms. The van der Waals surface area contributed by atoms with E-state index in [0.29, 0.717) is 36.8 Å². The van der Waals surface area contributed by atoms with Gasteiger partial charge >= 0.3 is 0 Å². The van der Waals surface area contributed by atoms with Crippen LogP contribution in [0.25, 0.3) is 10.2 Å². The molecule has 158 valence electrons.